The first kappa shape index (κ1) is 14.6. The first-order valence-corrected chi connectivity index (χ1v) is 9.09. The number of sulfonamides is 1. The van der Waals surface area contributed by atoms with Crippen molar-refractivity contribution in [1.29, 1.82) is 0 Å². The molecule has 2 aliphatic rings. The number of thioether (sulfide) groups is 1. The molecule has 0 saturated carbocycles. The second-order valence-electron chi connectivity index (χ2n) is 4.91. The average molecular weight is 306 g/mol. The number of amides is 2. The second-order valence-corrected chi connectivity index (χ2v) is 8.03. The predicted molar refractivity (Wildman–Crippen MR) is 73.1 cm³/mol. The first-order chi connectivity index (χ1) is 8.88. The Kier molecular flexibility index (Phi) is 4.10. The number of hydrogen-bond acceptors (Lipinski definition) is 5. The molecule has 0 aliphatic carbocycles. The van der Waals surface area contributed by atoms with E-state index in [9.17, 15) is 18.0 Å². The molecule has 0 aromatic rings. The summed E-state index contributed by atoms with van der Waals surface area (Å²) in [4.78, 5) is 24.5. The molecule has 6 nitrogen and oxygen atoms in total. The van der Waals surface area contributed by atoms with Crippen LogP contribution in [0.15, 0.2) is 0 Å². The van der Waals surface area contributed by atoms with Crippen LogP contribution in [0.25, 0.3) is 0 Å². The van der Waals surface area contributed by atoms with Crippen LogP contribution >= 0.6 is 11.8 Å². The maximum atomic E-state index is 12.4. The van der Waals surface area contributed by atoms with Gasteiger partial charge in [0.25, 0.3) is 5.91 Å². The molecular weight excluding hydrogens is 288 g/mol. The van der Waals surface area contributed by atoms with Gasteiger partial charge in [0.05, 0.1) is 5.75 Å². The van der Waals surface area contributed by atoms with Crippen molar-refractivity contribution in [2.75, 3.05) is 17.3 Å². The minimum atomic E-state index is -3.67. The summed E-state index contributed by atoms with van der Waals surface area (Å²) < 4.78 is 25.2. The summed E-state index contributed by atoms with van der Waals surface area (Å²) in [6, 6.07) is -1.61. The monoisotopic (exact) mass is 306 g/mol. The lowest BCUT2D eigenvalue weighted by Crippen LogP contribution is -2.66. The third-order valence-corrected chi connectivity index (χ3v) is 6.70. The molecule has 0 bridgehead atoms. The highest BCUT2D eigenvalue weighted by Crippen LogP contribution is 2.26. The van der Waals surface area contributed by atoms with Gasteiger partial charge in [-0.3, -0.25) is 9.59 Å². The standard InChI is InChI=1S/C11H18N2O4S2/c1-3-7(2)9-11(15)13-8(10(14)12-9)6-18-4-5-19(13,16)17/h7-9H,3-6H2,1-2H3,(H,12,14)/t7-,8-,9-/m0/s1. The molecule has 2 saturated heterocycles. The molecular formula is C11H18N2O4S2. The van der Waals surface area contributed by atoms with Gasteiger partial charge in [-0.1, -0.05) is 20.3 Å². The normalized spacial score (nSPS) is 32.2. The quantitative estimate of drug-likeness (QED) is 0.764. The third kappa shape index (κ3) is 2.60. The summed E-state index contributed by atoms with van der Waals surface area (Å²) in [7, 11) is -3.67. The van der Waals surface area contributed by atoms with Gasteiger partial charge in [0.1, 0.15) is 12.1 Å². The number of carbonyl (C=O) groups is 2. The molecule has 108 valence electrons. The van der Waals surface area contributed by atoms with Gasteiger partial charge in [-0.15, -0.1) is 0 Å². The van der Waals surface area contributed by atoms with Crippen LogP contribution in [0, 0.1) is 5.92 Å². The third-order valence-electron chi connectivity index (χ3n) is 3.64. The van der Waals surface area contributed by atoms with Crippen LogP contribution in [0.3, 0.4) is 0 Å². The molecule has 0 aromatic heterocycles. The van der Waals surface area contributed by atoms with Crippen molar-refractivity contribution in [2.24, 2.45) is 5.92 Å². The van der Waals surface area contributed by atoms with Crippen LogP contribution < -0.4 is 5.32 Å². The topological polar surface area (TPSA) is 83.6 Å². The fourth-order valence-corrected chi connectivity index (χ4v) is 5.50. The summed E-state index contributed by atoms with van der Waals surface area (Å²) in [6.07, 6.45) is 0.698. The van der Waals surface area contributed by atoms with Crippen molar-refractivity contribution in [3.05, 3.63) is 0 Å². The van der Waals surface area contributed by atoms with Gasteiger partial charge in [0, 0.05) is 11.5 Å². The Morgan fingerprint density at radius 1 is 1.47 bits per heavy atom. The zero-order chi connectivity index (χ0) is 14.2. The summed E-state index contributed by atoms with van der Waals surface area (Å²) >= 11 is 1.39. The van der Waals surface area contributed by atoms with E-state index in [2.05, 4.69) is 5.32 Å². The number of rotatable bonds is 2. The lowest BCUT2D eigenvalue weighted by Gasteiger charge is -2.38. The summed E-state index contributed by atoms with van der Waals surface area (Å²) in [5, 5.41) is 2.67. The van der Waals surface area contributed by atoms with E-state index < -0.39 is 28.0 Å². The van der Waals surface area contributed by atoms with E-state index in [-0.39, 0.29) is 17.6 Å². The molecule has 2 fully saturated rings. The highest BCUT2D eigenvalue weighted by molar-refractivity contribution is 8.01. The summed E-state index contributed by atoms with van der Waals surface area (Å²) in [6.45, 7) is 3.74. The van der Waals surface area contributed by atoms with Gasteiger partial charge in [-0.2, -0.15) is 11.8 Å². The average Bonchev–Trinajstić information content (AvgIpc) is 2.51. The van der Waals surface area contributed by atoms with E-state index in [0.717, 1.165) is 4.31 Å². The fraction of sp³-hybridized carbons (Fsp3) is 0.818. The minimum Gasteiger partial charge on any atom is -0.342 e. The van der Waals surface area contributed by atoms with E-state index in [0.29, 0.717) is 17.9 Å². The largest absolute Gasteiger partial charge is 0.342 e. The van der Waals surface area contributed by atoms with Crippen LogP contribution in [-0.2, 0) is 19.6 Å². The van der Waals surface area contributed by atoms with Crippen molar-refractivity contribution in [2.45, 2.75) is 32.4 Å². The van der Waals surface area contributed by atoms with Crippen LogP contribution in [0.4, 0.5) is 0 Å². The molecule has 1 N–H and O–H groups in total. The smallest absolute Gasteiger partial charge is 0.259 e. The number of nitrogens with one attached hydrogen (secondary N) is 1. The molecule has 2 rings (SSSR count). The summed E-state index contributed by atoms with van der Waals surface area (Å²) in [5.74, 6) is -0.248. The molecule has 3 atom stereocenters. The van der Waals surface area contributed by atoms with Crippen molar-refractivity contribution in [1.82, 2.24) is 9.62 Å². The Hall–Kier alpha value is -0.760. The number of carbonyl (C=O) groups excluding carboxylic acids is 2. The molecule has 0 radical (unpaired) electrons. The first-order valence-electron chi connectivity index (χ1n) is 6.32. The Morgan fingerprint density at radius 3 is 2.79 bits per heavy atom. The molecule has 8 heteroatoms. The Bertz CT molecular complexity index is 491. The van der Waals surface area contributed by atoms with E-state index in [4.69, 9.17) is 0 Å². The lowest BCUT2D eigenvalue weighted by atomic mass is 9.96. The highest BCUT2D eigenvalue weighted by atomic mass is 32.2. The van der Waals surface area contributed by atoms with E-state index in [1.54, 1.807) is 0 Å². The van der Waals surface area contributed by atoms with Crippen LogP contribution in [0.2, 0.25) is 0 Å². The zero-order valence-electron chi connectivity index (χ0n) is 11.0. The van der Waals surface area contributed by atoms with E-state index in [1.807, 2.05) is 13.8 Å². The predicted octanol–water partition coefficient (Wildman–Crippen LogP) is -0.195. The van der Waals surface area contributed by atoms with Crippen molar-refractivity contribution >= 4 is 33.6 Å². The Morgan fingerprint density at radius 2 is 2.16 bits per heavy atom. The lowest BCUT2D eigenvalue weighted by molar-refractivity contribution is -0.144. The van der Waals surface area contributed by atoms with Crippen LogP contribution in [-0.4, -0.2) is 53.9 Å². The molecule has 2 amide bonds. The van der Waals surface area contributed by atoms with Crippen molar-refractivity contribution in [3.63, 3.8) is 0 Å². The number of hydrogen-bond donors (Lipinski definition) is 1. The molecule has 0 spiro atoms. The number of fused-ring (bicyclic) bond motifs is 1. The van der Waals surface area contributed by atoms with Crippen LogP contribution in [0.1, 0.15) is 20.3 Å². The summed E-state index contributed by atoms with van der Waals surface area (Å²) in [5.41, 5.74) is 0. The minimum absolute atomic E-state index is 0.0801. The molecule has 2 aliphatic heterocycles. The van der Waals surface area contributed by atoms with Gasteiger partial charge in [-0.25, -0.2) is 12.7 Å². The second kappa shape index (κ2) is 5.32. The Labute approximate surface area is 117 Å². The maximum absolute atomic E-state index is 12.4. The SMILES string of the molecule is CC[C@H](C)[C@@H]1NC(=O)[C@@H]2CSCCS(=O)(=O)N2C1=O. The fourth-order valence-electron chi connectivity index (χ4n) is 2.26. The van der Waals surface area contributed by atoms with E-state index in [1.165, 1.54) is 11.8 Å². The zero-order valence-corrected chi connectivity index (χ0v) is 12.6. The number of piperazine rings is 1. The number of nitrogens with zero attached hydrogens (tertiary/aromatic N) is 1. The van der Waals surface area contributed by atoms with Crippen molar-refractivity contribution in [3.8, 4) is 0 Å². The van der Waals surface area contributed by atoms with Gasteiger partial charge in [0.2, 0.25) is 15.9 Å². The van der Waals surface area contributed by atoms with Gasteiger partial charge >= 0.3 is 0 Å². The van der Waals surface area contributed by atoms with Gasteiger partial charge < -0.3 is 5.32 Å². The molecule has 0 aromatic carbocycles. The van der Waals surface area contributed by atoms with Crippen LogP contribution in [0.5, 0.6) is 0 Å². The van der Waals surface area contributed by atoms with Gasteiger partial charge in [-0.05, 0) is 5.92 Å². The maximum Gasteiger partial charge on any atom is 0.259 e. The van der Waals surface area contributed by atoms with Gasteiger partial charge in [0.15, 0.2) is 0 Å². The highest BCUT2D eigenvalue weighted by Gasteiger charge is 2.48. The van der Waals surface area contributed by atoms with E-state index >= 15 is 0 Å². The molecule has 2 heterocycles. The molecule has 0 unspecified atom stereocenters. The Balaban J connectivity index is 2.39. The van der Waals surface area contributed by atoms with Crippen molar-refractivity contribution < 1.29 is 18.0 Å². The molecule has 19 heavy (non-hydrogen) atoms.